The average molecular weight is 261 g/mol. The van der Waals surface area contributed by atoms with Crippen LogP contribution in [0.2, 0.25) is 0 Å². The van der Waals surface area contributed by atoms with E-state index in [2.05, 4.69) is 10.6 Å². The van der Waals surface area contributed by atoms with Crippen molar-refractivity contribution in [2.75, 3.05) is 11.9 Å². The molecule has 0 atom stereocenters. The molecule has 1 aromatic carbocycles. The lowest BCUT2D eigenvalue weighted by Crippen LogP contribution is -2.37. The number of carbonyl (C=O) groups excluding carboxylic acids is 2. The number of nitrogens with one attached hydrogen (secondary N) is 2. The zero-order valence-electron chi connectivity index (χ0n) is 11.0. The van der Waals surface area contributed by atoms with E-state index in [9.17, 15) is 9.59 Å². The molecule has 0 bridgehead atoms. The third-order valence-corrected chi connectivity index (χ3v) is 3.16. The predicted molar refractivity (Wildman–Crippen MR) is 73.8 cm³/mol. The Labute approximate surface area is 112 Å². The first-order valence-electron chi connectivity index (χ1n) is 6.54. The van der Waals surface area contributed by atoms with Crippen molar-refractivity contribution in [3.05, 3.63) is 29.8 Å². The smallest absolute Gasteiger partial charge is 0.251 e. The van der Waals surface area contributed by atoms with Gasteiger partial charge in [-0.2, -0.15) is 0 Å². The van der Waals surface area contributed by atoms with Gasteiger partial charge in [0.15, 0.2) is 0 Å². The van der Waals surface area contributed by atoms with Gasteiger partial charge < -0.3 is 16.4 Å². The quantitative estimate of drug-likeness (QED) is 0.746. The Hall–Kier alpha value is -1.88. The molecule has 5 nitrogen and oxygen atoms in total. The number of anilines is 1. The van der Waals surface area contributed by atoms with E-state index in [1.54, 1.807) is 24.3 Å². The van der Waals surface area contributed by atoms with Gasteiger partial charge in [-0.3, -0.25) is 9.59 Å². The van der Waals surface area contributed by atoms with E-state index in [1.807, 2.05) is 6.92 Å². The lowest BCUT2D eigenvalue weighted by atomic mass is 10.1. The molecule has 4 N–H and O–H groups in total. The molecule has 0 spiro atoms. The SMILES string of the molecule is CCCNC(=O)c1cccc(NC(=O)C2(N)CC2)c1. The van der Waals surface area contributed by atoms with Crippen molar-refractivity contribution < 1.29 is 9.59 Å². The van der Waals surface area contributed by atoms with Gasteiger partial charge in [0.1, 0.15) is 0 Å². The van der Waals surface area contributed by atoms with Crippen LogP contribution in [0.4, 0.5) is 5.69 Å². The first kappa shape index (κ1) is 13.5. The number of amides is 2. The second-order valence-electron chi connectivity index (χ2n) is 4.95. The van der Waals surface area contributed by atoms with Crippen LogP contribution in [0.1, 0.15) is 36.5 Å². The molecule has 5 heteroatoms. The van der Waals surface area contributed by atoms with Gasteiger partial charge >= 0.3 is 0 Å². The van der Waals surface area contributed by atoms with Gasteiger partial charge in [0.25, 0.3) is 5.91 Å². The second-order valence-corrected chi connectivity index (χ2v) is 4.95. The van der Waals surface area contributed by atoms with Crippen LogP contribution in [-0.4, -0.2) is 23.9 Å². The Morgan fingerprint density at radius 3 is 2.74 bits per heavy atom. The topological polar surface area (TPSA) is 84.2 Å². The Balaban J connectivity index is 2.02. The maximum Gasteiger partial charge on any atom is 0.251 e. The van der Waals surface area contributed by atoms with E-state index in [4.69, 9.17) is 5.73 Å². The normalized spacial score (nSPS) is 15.7. The van der Waals surface area contributed by atoms with Crippen molar-refractivity contribution in [3.63, 3.8) is 0 Å². The predicted octanol–water partition coefficient (Wildman–Crippen LogP) is 1.26. The highest BCUT2D eigenvalue weighted by molar-refractivity contribution is 6.01. The molecule has 0 aromatic heterocycles. The Morgan fingerprint density at radius 1 is 1.37 bits per heavy atom. The average Bonchev–Trinajstić information content (AvgIpc) is 3.16. The maximum atomic E-state index is 11.8. The fourth-order valence-corrected chi connectivity index (χ4v) is 1.70. The molecular weight excluding hydrogens is 242 g/mol. The molecule has 0 heterocycles. The minimum absolute atomic E-state index is 0.133. The molecule has 19 heavy (non-hydrogen) atoms. The fraction of sp³-hybridized carbons (Fsp3) is 0.429. The molecule has 0 aliphatic heterocycles. The van der Waals surface area contributed by atoms with Crippen molar-refractivity contribution in [3.8, 4) is 0 Å². The highest BCUT2D eigenvalue weighted by atomic mass is 16.2. The molecule has 0 unspecified atom stereocenters. The van der Waals surface area contributed by atoms with Gasteiger partial charge in [0.2, 0.25) is 5.91 Å². The highest BCUT2D eigenvalue weighted by Crippen LogP contribution is 2.33. The number of hydrogen-bond acceptors (Lipinski definition) is 3. The summed E-state index contributed by atoms with van der Waals surface area (Å²) < 4.78 is 0. The standard InChI is InChI=1S/C14H19N3O2/c1-2-8-16-12(18)10-4-3-5-11(9-10)17-13(19)14(15)6-7-14/h3-5,9H,2,6-8,15H2,1H3,(H,16,18)(H,17,19). The van der Waals surface area contributed by atoms with E-state index < -0.39 is 5.54 Å². The summed E-state index contributed by atoms with van der Waals surface area (Å²) in [7, 11) is 0. The molecule has 2 rings (SSSR count). The highest BCUT2D eigenvalue weighted by Gasteiger charge is 2.45. The molecule has 102 valence electrons. The first-order chi connectivity index (χ1) is 9.05. The van der Waals surface area contributed by atoms with Crippen LogP contribution in [0.15, 0.2) is 24.3 Å². The van der Waals surface area contributed by atoms with Gasteiger partial charge in [0.05, 0.1) is 5.54 Å². The lowest BCUT2D eigenvalue weighted by Gasteiger charge is -2.11. The summed E-state index contributed by atoms with van der Waals surface area (Å²) in [5.74, 6) is -0.314. The third kappa shape index (κ3) is 3.32. The molecule has 2 amide bonds. The summed E-state index contributed by atoms with van der Waals surface area (Å²) in [4.78, 5) is 23.6. The molecule has 1 saturated carbocycles. The number of carbonyl (C=O) groups is 2. The number of nitrogens with two attached hydrogens (primary N) is 1. The van der Waals surface area contributed by atoms with Crippen molar-refractivity contribution in [2.45, 2.75) is 31.7 Å². The molecule has 0 radical (unpaired) electrons. The largest absolute Gasteiger partial charge is 0.352 e. The van der Waals surface area contributed by atoms with Crippen LogP contribution in [0.3, 0.4) is 0 Å². The molecule has 1 aromatic rings. The third-order valence-electron chi connectivity index (χ3n) is 3.16. The van der Waals surface area contributed by atoms with E-state index in [1.165, 1.54) is 0 Å². The van der Waals surface area contributed by atoms with E-state index >= 15 is 0 Å². The van der Waals surface area contributed by atoms with Crippen LogP contribution in [0.5, 0.6) is 0 Å². The molecule has 1 aliphatic rings. The number of rotatable bonds is 5. The lowest BCUT2D eigenvalue weighted by molar-refractivity contribution is -0.118. The van der Waals surface area contributed by atoms with Crippen LogP contribution in [0, 0.1) is 0 Å². The summed E-state index contributed by atoms with van der Waals surface area (Å²) in [5, 5.41) is 5.55. The summed E-state index contributed by atoms with van der Waals surface area (Å²) in [6.45, 7) is 2.63. The van der Waals surface area contributed by atoms with Crippen molar-refractivity contribution >= 4 is 17.5 Å². The molecule has 0 saturated heterocycles. The van der Waals surface area contributed by atoms with Crippen molar-refractivity contribution in [1.29, 1.82) is 0 Å². The first-order valence-corrected chi connectivity index (χ1v) is 6.54. The minimum atomic E-state index is -0.708. The second kappa shape index (κ2) is 5.40. The Morgan fingerprint density at radius 2 is 2.11 bits per heavy atom. The minimum Gasteiger partial charge on any atom is -0.352 e. The van der Waals surface area contributed by atoms with E-state index in [0.29, 0.717) is 17.8 Å². The van der Waals surface area contributed by atoms with Crippen LogP contribution >= 0.6 is 0 Å². The molecule has 1 fully saturated rings. The number of hydrogen-bond donors (Lipinski definition) is 3. The van der Waals surface area contributed by atoms with Gasteiger partial charge in [-0.15, -0.1) is 0 Å². The summed E-state index contributed by atoms with van der Waals surface area (Å²) in [5.41, 5.74) is 6.24. The Kier molecular flexibility index (Phi) is 3.85. The summed E-state index contributed by atoms with van der Waals surface area (Å²) >= 11 is 0. The maximum absolute atomic E-state index is 11.8. The Bertz CT molecular complexity index is 495. The van der Waals surface area contributed by atoms with Crippen LogP contribution in [0.25, 0.3) is 0 Å². The monoisotopic (exact) mass is 261 g/mol. The van der Waals surface area contributed by atoms with Gasteiger partial charge in [0, 0.05) is 17.8 Å². The van der Waals surface area contributed by atoms with E-state index in [0.717, 1.165) is 19.3 Å². The van der Waals surface area contributed by atoms with Crippen LogP contribution in [-0.2, 0) is 4.79 Å². The molecule has 1 aliphatic carbocycles. The van der Waals surface area contributed by atoms with E-state index in [-0.39, 0.29) is 11.8 Å². The zero-order chi connectivity index (χ0) is 13.9. The molecular formula is C14H19N3O2. The van der Waals surface area contributed by atoms with Gasteiger partial charge in [-0.25, -0.2) is 0 Å². The zero-order valence-corrected chi connectivity index (χ0v) is 11.0. The fourth-order valence-electron chi connectivity index (χ4n) is 1.70. The summed E-state index contributed by atoms with van der Waals surface area (Å²) in [6, 6.07) is 6.87. The van der Waals surface area contributed by atoms with Crippen molar-refractivity contribution in [2.24, 2.45) is 5.73 Å². The van der Waals surface area contributed by atoms with Crippen LogP contribution < -0.4 is 16.4 Å². The van der Waals surface area contributed by atoms with Crippen molar-refractivity contribution in [1.82, 2.24) is 5.32 Å². The van der Waals surface area contributed by atoms with Gasteiger partial charge in [-0.1, -0.05) is 13.0 Å². The van der Waals surface area contributed by atoms with Gasteiger partial charge in [-0.05, 0) is 37.5 Å². The number of benzene rings is 1. The summed E-state index contributed by atoms with van der Waals surface area (Å²) in [6.07, 6.45) is 2.32.